The number of rotatable bonds is 7. The Labute approximate surface area is 186 Å². The molecule has 0 atom stereocenters. The molecule has 3 aromatic heterocycles. The Hall–Kier alpha value is -2.78. The highest BCUT2D eigenvalue weighted by molar-refractivity contribution is 7.99. The number of aromatic nitrogens is 4. The van der Waals surface area contributed by atoms with Crippen LogP contribution in [0, 0.1) is 0 Å². The average Bonchev–Trinajstić information content (AvgIpc) is 3.29. The second-order valence-electron chi connectivity index (χ2n) is 8.78. The van der Waals surface area contributed by atoms with Crippen molar-refractivity contribution in [3.05, 3.63) is 30.8 Å². The predicted octanol–water partition coefficient (Wildman–Crippen LogP) is 4.15. The summed E-state index contributed by atoms with van der Waals surface area (Å²) in [7, 11) is 4.05. The number of nitrogens with zero attached hydrogens (tertiary/aromatic N) is 5. The van der Waals surface area contributed by atoms with E-state index < -0.39 is 0 Å². The van der Waals surface area contributed by atoms with Crippen LogP contribution < -0.4 is 16.0 Å². The number of hydrogen-bond donors (Lipinski definition) is 2. The van der Waals surface area contributed by atoms with Gasteiger partial charge in [0.15, 0.2) is 22.1 Å². The Morgan fingerprint density at radius 1 is 1.23 bits per heavy atom. The van der Waals surface area contributed by atoms with E-state index >= 15 is 0 Å². The molecule has 4 rings (SSSR count). The van der Waals surface area contributed by atoms with Gasteiger partial charge in [0.25, 0.3) is 0 Å². The third-order valence-corrected chi connectivity index (χ3v) is 6.00. The van der Waals surface area contributed by atoms with Crippen LogP contribution in [0.15, 0.2) is 45.3 Å². The van der Waals surface area contributed by atoms with Crippen LogP contribution in [0.25, 0.3) is 22.1 Å². The first-order valence-electron chi connectivity index (χ1n) is 10.3. The van der Waals surface area contributed by atoms with E-state index in [0.717, 1.165) is 51.9 Å². The molecule has 0 radical (unpaired) electrons. The minimum absolute atomic E-state index is 0.0851. The first-order valence-corrected chi connectivity index (χ1v) is 11.1. The molecule has 0 aliphatic rings. The summed E-state index contributed by atoms with van der Waals surface area (Å²) in [5.41, 5.74) is 9.54. The summed E-state index contributed by atoms with van der Waals surface area (Å²) < 4.78 is 7.74. The average molecular weight is 440 g/mol. The van der Waals surface area contributed by atoms with Gasteiger partial charge in [0, 0.05) is 42.5 Å². The van der Waals surface area contributed by atoms with Crippen LogP contribution in [-0.4, -0.2) is 45.7 Å². The van der Waals surface area contributed by atoms with E-state index in [1.807, 2.05) is 20.2 Å². The predicted molar refractivity (Wildman–Crippen MR) is 127 cm³/mol. The zero-order valence-corrected chi connectivity index (χ0v) is 19.5. The first-order chi connectivity index (χ1) is 14.7. The highest BCUT2D eigenvalue weighted by Crippen LogP contribution is 2.39. The van der Waals surface area contributed by atoms with Crippen LogP contribution >= 0.6 is 11.8 Å². The molecule has 0 spiro atoms. The van der Waals surface area contributed by atoms with Crippen LogP contribution in [0.2, 0.25) is 0 Å². The van der Waals surface area contributed by atoms with Crippen LogP contribution in [0.5, 0.6) is 0 Å². The van der Waals surface area contributed by atoms with Crippen LogP contribution in [0.3, 0.4) is 0 Å². The zero-order valence-electron chi connectivity index (χ0n) is 18.6. The number of imidazole rings is 1. The summed E-state index contributed by atoms with van der Waals surface area (Å²) in [5, 5.41) is 5.45. The van der Waals surface area contributed by atoms with Crippen molar-refractivity contribution in [1.82, 2.24) is 24.8 Å². The van der Waals surface area contributed by atoms with Crippen molar-refractivity contribution >= 4 is 45.4 Å². The van der Waals surface area contributed by atoms with Crippen molar-refractivity contribution in [3.8, 4) is 0 Å². The fraction of sp³-hybridized carbons (Fsp3) is 0.409. The number of nitrogens with two attached hydrogens (primary N) is 1. The summed E-state index contributed by atoms with van der Waals surface area (Å²) in [6.45, 7) is 8.19. The molecule has 164 valence electrons. The Morgan fingerprint density at radius 3 is 2.77 bits per heavy atom. The van der Waals surface area contributed by atoms with Gasteiger partial charge in [0.05, 0.1) is 12.0 Å². The number of fused-ring (bicyclic) bond motifs is 2. The molecule has 9 heteroatoms. The van der Waals surface area contributed by atoms with Gasteiger partial charge < -0.3 is 24.9 Å². The quantitative estimate of drug-likeness (QED) is 0.415. The van der Waals surface area contributed by atoms with E-state index in [1.54, 1.807) is 18.0 Å². The Morgan fingerprint density at radius 2 is 2.03 bits per heavy atom. The van der Waals surface area contributed by atoms with Crippen molar-refractivity contribution < 1.29 is 4.42 Å². The van der Waals surface area contributed by atoms with Gasteiger partial charge in [-0.1, -0.05) is 0 Å². The van der Waals surface area contributed by atoms with Crippen molar-refractivity contribution in [2.75, 3.05) is 31.3 Å². The van der Waals surface area contributed by atoms with Gasteiger partial charge in [-0.3, -0.25) is 0 Å². The van der Waals surface area contributed by atoms with E-state index in [0.29, 0.717) is 11.3 Å². The maximum atomic E-state index is 6.11. The van der Waals surface area contributed by atoms with Gasteiger partial charge in [0.2, 0.25) is 0 Å². The fourth-order valence-corrected chi connectivity index (χ4v) is 4.58. The van der Waals surface area contributed by atoms with Crippen molar-refractivity contribution in [1.29, 1.82) is 0 Å². The Kier molecular flexibility index (Phi) is 5.81. The highest BCUT2D eigenvalue weighted by atomic mass is 32.2. The third kappa shape index (κ3) is 4.62. The smallest absolute Gasteiger partial charge is 0.175 e. The number of nitrogens with one attached hydrogen (secondary N) is 1. The summed E-state index contributed by atoms with van der Waals surface area (Å²) in [6.07, 6.45) is 4.16. The molecule has 3 N–H and O–H groups in total. The topological polar surface area (TPSA) is 98.0 Å². The second-order valence-corrected chi connectivity index (χ2v) is 9.79. The van der Waals surface area contributed by atoms with E-state index in [1.165, 1.54) is 6.33 Å². The number of furan rings is 1. The zero-order chi connectivity index (χ0) is 22.2. The lowest BCUT2D eigenvalue weighted by molar-refractivity contribution is 0.412. The minimum Gasteiger partial charge on any atom is -0.464 e. The normalized spacial score (nSPS) is 12.2. The molecular formula is C22H29N7OS. The van der Waals surface area contributed by atoms with Crippen LogP contribution in [0.1, 0.15) is 27.2 Å². The Bertz CT molecular complexity index is 1210. The second kappa shape index (κ2) is 8.39. The first kappa shape index (κ1) is 21.5. The molecule has 31 heavy (non-hydrogen) atoms. The number of aryl methyl sites for hydroxylation is 1. The molecule has 0 saturated carbocycles. The maximum absolute atomic E-state index is 6.11. The van der Waals surface area contributed by atoms with Gasteiger partial charge >= 0.3 is 0 Å². The SMILES string of the molecule is CN(C)c1cc2occc2cc1Sc1nc2c(N)ncnc2n1CCCNC(C)(C)C. The third-order valence-electron chi connectivity index (χ3n) is 4.96. The van der Waals surface area contributed by atoms with Gasteiger partial charge in [-0.15, -0.1) is 0 Å². The van der Waals surface area contributed by atoms with Gasteiger partial charge in [-0.25, -0.2) is 15.0 Å². The fourth-order valence-electron chi connectivity index (χ4n) is 3.42. The van der Waals surface area contributed by atoms with E-state index in [-0.39, 0.29) is 5.54 Å². The summed E-state index contributed by atoms with van der Waals surface area (Å²) >= 11 is 1.61. The highest BCUT2D eigenvalue weighted by Gasteiger charge is 2.19. The monoisotopic (exact) mass is 439 g/mol. The number of benzene rings is 1. The van der Waals surface area contributed by atoms with E-state index in [4.69, 9.17) is 15.1 Å². The van der Waals surface area contributed by atoms with E-state index in [2.05, 4.69) is 57.7 Å². The molecule has 0 amide bonds. The molecule has 0 saturated heterocycles. The summed E-state index contributed by atoms with van der Waals surface area (Å²) in [4.78, 5) is 16.6. The van der Waals surface area contributed by atoms with Crippen molar-refractivity contribution in [2.45, 2.75) is 49.3 Å². The van der Waals surface area contributed by atoms with Crippen LogP contribution in [0.4, 0.5) is 11.5 Å². The van der Waals surface area contributed by atoms with Crippen LogP contribution in [-0.2, 0) is 6.54 Å². The molecule has 0 bridgehead atoms. The van der Waals surface area contributed by atoms with Gasteiger partial charge in [-0.2, -0.15) is 0 Å². The minimum atomic E-state index is 0.0851. The molecule has 0 aliphatic carbocycles. The van der Waals surface area contributed by atoms with Crippen molar-refractivity contribution in [2.24, 2.45) is 0 Å². The molecule has 0 aliphatic heterocycles. The lowest BCUT2D eigenvalue weighted by atomic mass is 10.1. The molecule has 0 unspecified atom stereocenters. The molecule has 4 aromatic rings. The van der Waals surface area contributed by atoms with Gasteiger partial charge in [-0.05, 0) is 57.6 Å². The summed E-state index contributed by atoms with van der Waals surface area (Å²) in [6, 6.07) is 6.17. The van der Waals surface area contributed by atoms with Crippen molar-refractivity contribution in [3.63, 3.8) is 0 Å². The van der Waals surface area contributed by atoms with E-state index in [9.17, 15) is 0 Å². The molecule has 0 fully saturated rings. The largest absolute Gasteiger partial charge is 0.464 e. The van der Waals surface area contributed by atoms with Gasteiger partial charge in [0.1, 0.15) is 11.9 Å². The Balaban J connectivity index is 1.71. The number of hydrogen-bond acceptors (Lipinski definition) is 8. The maximum Gasteiger partial charge on any atom is 0.175 e. The number of nitrogen functional groups attached to an aromatic ring is 1. The lowest BCUT2D eigenvalue weighted by Crippen LogP contribution is -2.36. The number of anilines is 2. The summed E-state index contributed by atoms with van der Waals surface area (Å²) in [5.74, 6) is 0.400. The lowest BCUT2D eigenvalue weighted by Gasteiger charge is -2.20. The molecular weight excluding hydrogens is 410 g/mol. The standard InChI is InChI=1S/C22H29N7OS/c1-22(2,3)26-8-6-9-29-20-18(19(23)24-13-25-20)27-21(29)31-17-11-14-7-10-30-16(14)12-15(17)28(4)5/h7,10-13,26H,6,8-9H2,1-5H3,(H2,23,24,25). The molecule has 1 aromatic carbocycles. The molecule has 8 nitrogen and oxygen atoms in total. The molecule has 3 heterocycles.